The molecule has 1 atom stereocenters. The lowest BCUT2D eigenvalue weighted by atomic mass is 10.1. The number of halogens is 1. The number of imidazole rings is 1. The summed E-state index contributed by atoms with van der Waals surface area (Å²) in [5, 5.41) is 9.69. The van der Waals surface area contributed by atoms with E-state index in [1.165, 1.54) is 10.8 Å². The maximum atomic E-state index is 12.1. The van der Waals surface area contributed by atoms with E-state index in [2.05, 4.69) is 15.9 Å². The first kappa shape index (κ1) is 13.0. The van der Waals surface area contributed by atoms with E-state index >= 15 is 0 Å². The second-order valence-corrected chi connectivity index (χ2v) is 5.06. The van der Waals surface area contributed by atoms with Crippen LogP contribution in [0, 0.1) is 0 Å². The molecule has 1 aromatic heterocycles. The molecule has 0 fully saturated rings. The van der Waals surface area contributed by atoms with Crippen LogP contribution < -0.4 is 5.69 Å². The van der Waals surface area contributed by atoms with Crippen LogP contribution in [0.1, 0.15) is 25.5 Å². The molecule has 0 saturated carbocycles. The maximum absolute atomic E-state index is 12.1. The number of benzene rings is 1. The van der Waals surface area contributed by atoms with Crippen molar-refractivity contribution in [1.29, 1.82) is 0 Å². The van der Waals surface area contributed by atoms with Crippen molar-refractivity contribution in [2.24, 2.45) is 0 Å². The van der Waals surface area contributed by atoms with Crippen molar-refractivity contribution < 1.29 is 5.11 Å². The van der Waals surface area contributed by atoms with Crippen LogP contribution in [0.5, 0.6) is 5.88 Å². The zero-order valence-corrected chi connectivity index (χ0v) is 11.9. The van der Waals surface area contributed by atoms with Crippen LogP contribution in [-0.4, -0.2) is 14.2 Å². The molecule has 0 radical (unpaired) electrons. The SMILES string of the molecule is CCn1c(O)cn([C@H](C)c2ccc(Br)cc2)c1=O. The normalized spacial score (nSPS) is 12.6. The molecule has 18 heavy (non-hydrogen) atoms. The summed E-state index contributed by atoms with van der Waals surface area (Å²) in [6.07, 6.45) is 1.48. The largest absolute Gasteiger partial charge is 0.493 e. The summed E-state index contributed by atoms with van der Waals surface area (Å²) in [6.45, 7) is 4.23. The predicted molar refractivity (Wildman–Crippen MR) is 74.0 cm³/mol. The summed E-state index contributed by atoms with van der Waals surface area (Å²) in [7, 11) is 0. The van der Waals surface area contributed by atoms with Crippen LogP contribution in [0.2, 0.25) is 0 Å². The summed E-state index contributed by atoms with van der Waals surface area (Å²) >= 11 is 3.38. The molecule has 0 aliphatic carbocycles. The van der Waals surface area contributed by atoms with E-state index in [1.54, 1.807) is 4.57 Å². The molecule has 96 valence electrons. The Hall–Kier alpha value is -1.49. The first-order valence-electron chi connectivity index (χ1n) is 5.80. The molecule has 0 saturated heterocycles. The Balaban J connectivity index is 2.43. The minimum atomic E-state index is -0.189. The van der Waals surface area contributed by atoms with Gasteiger partial charge in [0.15, 0.2) is 0 Å². The van der Waals surface area contributed by atoms with Crippen LogP contribution in [0.15, 0.2) is 39.7 Å². The van der Waals surface area contributed by atoms with Crippen molar-refractivity contribution in [3.63, 3.8) is 0 Å². The summed E-state index contributed by atoms with van der Waals surface area (Å²) in [4.78, 5) is 12.1. The molecular formula is C13H15BrN2O2. The lowest BCUT2D eigenvalue weighted by Gasteiger charge is -2.12. The van der Waals surface area contributed by atoms with Gasteiger partial charge in [-0.05, 0) is 31.5 Å². The van der Waals surface area contributed by atoms with Crippen molar-refractivity contribution in [2.45, 2.75) is 26.4 Å². The molecule has 5 heteroatoms. The number of rotatable bonds is 3. The van der Waals surface area contributed by atoms with Crippen molar-refractivity contribution >= 4 is 15.9 Å². The quantitative estimate of drug-likeness (QED) is 0.947. The molecule has 0 amide bonds. The van der Waals surface area contributed by atoms with Gasteiger partial charge in [0.25, 0.3) is 0 Å². The maximum Gasteiger partial charge on any atom is 0.331 e. The molecule has 0 bridgehead atoms. The Bertz CT molecular complexity index is 598. The Morgan fingerprint density at radius 2 is 1.94 bits per heavy atom. The van der Waals surface area contributed by atoms with Crippen molar-refractivity contribution in [2.75, 3.05) is 0 Å². The smallest absolute Gasteiger partial charge is 0.331 e. The second kappa shape index (κ2) is 5.02. The number of nitrogens with zero attached hydrogens (tertiary/aromatic N) is 2. The van der Waals surface area contributed by atoms with E-state index in [4.69, 9.17) is 0 Å². The summed E-state index contributed by atoms with van der Waals surface area (Å²) in [5.41, 5.74) is 0.832. The van der Waals surface area contributed by atoms with E-state index < -0.39 is 0 Å². The fraction of sp³-hybridized carbons (Fsp3) is 0.308. The molecule has 0 aliphatic rings. The molecule has 1 heterocycles. The molecule has 2 aromatic rings. The van der Waals surface area contributed by atoms with Crippen molar-refractivity contribution in [1.82, 2.24) is 9.13 Å². The number of hydrogen-bond donors (Lipinski definition) is 1. The Labute approximate surface area is 114 Å². The lowest BCUT2D eigenvalue weighted by Crippen LogP contribution is -2.26. The van der Waals surface area contributed by atoms with Gasteiger partial charge in [-0.25, -0.2) is 4.79 Å². The molecule has 0 unspecified atom stereocenters. The van der Waals surface area contributed by atoms with Crippen molar-refractivity contribution in [3.8, 4) is 5.88 Å². The molecular weight excluding hydrogens is 296 g/mol. The van der Waals surface area contributed by atoms with Crippen LogP contribution in [0.3, 0.4) is 0 Å². The van der Waals surface area contributed by atoms with Gasteiger partial charge in [0.2, 0.25) is 5.88 Å². The minimum Gasteiger partial charge on any atom is -0.493 e. The van der Waals surface area contributed by atoms with Gasteiger partial charge in [0.1, 0.15) is 0 Å². The van der Waals surface area contributed by atoms with Gasteiger partial charge < -0.3 is 5.11 Å². The fourth-order valence-corrected chi connectivity index (χ4v) is 2.23. The zero-order chi connectivity index (χ0) is 13.3. The molecule has 1 aromatic carbocycles. The molecule has 0 aliphatic heterocycles. The second-order valence-electron chi connectivity index (χ2n) is 4.15. The summed E-state index contributed by atoms with van der Waals surface area (Å²) in [5.74, 6) is 0.00598. The average Bonchev–Trinajstić information content (AvgIpc) is 2.64. The van der Waals surface area contributed by atoms with Gasteiger partial charge in [-0.2, -0.15) is 0 Å². The fourth-order valence-electron chi connectivity index (χ4n) is 1.96. The standard InChI is InChI=1S/C13H15BrN2O2/c1-3-15-12(17)8-16(13(15)18)9(2)10-4-6-11(14)7-5-10/h4-9,17H,3H2,1-2H3/t9-/m1/s1. The first-order valence-corrected chi connectivity index (χ1v) is 6.60. The number of aromatic nitrogens is 2. The topological polar surface area (TPSA) is 47.2 Å². The predicted octanol–water partition coefficient (Wildman–Crippen LogP) is 2.75. The van der Waals surface area contributed by atoms with Crippen LogP contribution in [0.25, 0.3) is 0 Å². The molecule has 4 nitrogen and oxygen atoms in total. The van der Waals surface area contributed by atoms with Gasteiger partial charge >= 0.3 is 5.69 Å². The Kier molecular flexibility index (Phi) is 3.61. The first-order chi connectivity index (χ1) is 8.54. The van der Waals surface area contributed by atoms with E-state index in [0.29, 0.717) is 6.54 Å². The summed E-state index contributed by atoms with van der Waals surface area (Å²) in [6, 6.07) is 7.69. The highest BCUT2D eigenvalue weighted by Gasteiger charge is 2.15. The van der Waals surface area contributed by atoms with E-state index in [9.17, 15) is 9.90 Å². The van der Waals surface area contributed by atoms with Gasteiger partial charge in [0, 0.05) is 11.0 Å². The summed E-state index contributed by atoms with van der Waals surface area (Å²) < 4.78 is 3.89. The van der Waals surface area contributed by atoms with Crippen molar-refractivity contribution in [3.05, 3.63) is 51.0 Å². The van der Waals surface area contributed by atoms with Gasteiger partial charge in [0.05, 0.1) is 12.2 Å². The molecule has 1 N–H and O–H groups in total. The van der Waals surface area contributed by atoms with Gasteiger partial charge in [-0.1, -0.05) is 28.1 Å². The van der Waals surface area contributed by atoms with E-state index in [1.807, 2.05) is 38.1 Å². The zero-order valence-electron chi connectivity index (χ0n) is 10.3. The number of hydrogen-bond acceptors (Lipinski definition) is 2. The van der Waals surface area contributed by atoms with Gasteiger partial charge in [-0.3, -0.25) is 9.13 Å². The highest BCUT2D eigenvalue weighted by molar-refractivity contribution is 9.10. The third-order valence-electron chi connectivity index (χ3n) is 3.07. The van der Waals surface area contributed by atoms with E-state index in [0.717, 1.165) is 10.0 Å². The highest BCUT2D eigenvalue weighted by Crippen LogP contribution is 2.20. The Morgan fingerprint density at radius 3 is 2.44 bits per heavy atom. The van der Waals surface area contributed by atoms with Crippen LogP contribution in [-0.2, 0) is 6.54 Å². The highest BCUT2D eigenvalue weighted by atomic mass is 79.9. The van der Waals surface area contributed by atoms with Gasteiger partial charge in [-0.15, -0.1) is 0 Å². The Morgan fingerprint density at radius 1 is 1.33 bits per heavy atom. The lowest BCUT2D eigenvalue weighted by molar-refractivity contribution is 0.418. The third-order valence-corrected chi connectivity index (χ3v) is 3.60. The van der Waals surface area contributed by atoms with Crippen LogP contribution >= 0.6 is 15.9 Å². The molecule has 2 rings (SSSR count). The van der Waals surface area contributed by atoms with Crippen LogP contribution in [0.4, 0.5) is 0 Å². The molecule has 0 spiro atoms. The average molecular weight is 311 g/mol. The van der Waals surface area contributed by atoms with E-state index in [-0.39, 0.29) is 17.6 Å². The monoisotopic (exact) mass is 310 g/mol. The third kappa shape index (κ3) is 2.22. The minimum absolute atomic E-state index is 0.00598. The number of aromatic hydroxyl groups is 1.